The number of carboxylic acids is 2. The van der Waals surface area contributed by atoms with Crippen LogP contribution in [-0.4, -0.2) is 71.6 Å². The fourth-order valence-corrected chi connectivity index (χ4v) is 2.04. The van der Waals surface area contributed by atoms with E-state index in [2.05, 4.69) is 28.6 Å². The van der Waals surface area contributed by atoms with Crippen molar-refractivity contribution in [1.82, 2.24) is 16.0 Å². The zero-order chi connectivity index (χ0) is 23.5. The number of aliphatic carboxylic acids is 2. The van der Waals surface area contributed by atoms with Gasteiger partial charge in [0.25, 0.3) is 0 Å². The van der Waals surface area contributed by atoms with Crippen molar-refractivity contribution in [3.05, 3.63) is 0 Å². The summed E-state index contributed by atoms with van der Waals surface area (Å²) in [7, 11) is 0. The normalized spacial score (nSPS) is 11.9. The number of hydrogen-bond acceptors (Lipinski definition) is 7. The summed E-state index contributed by atoms with van der Waals surface area (Å²) in [6.07, 6.45) is 3.70. The summed E-state index contributed by atoms with van der Waals surface area (Å²) >= 11 is 0. The molecule has 0 saturated heterocycles. The summed E-state index contributed by atoms with van der Waals surface area (Å²) in [5.41, 5.74) is 14.7. The molecule has 0 aromatic rings. The van der Waals surface area contributed by atoms with Crippen LogP contribution >= 0.6 is 0 Å². The molecule has 0 fully saturated rings. The lowest BCUT2D eigenvalue weighted by Gasteiger charge is -2.15. The molecular weight excluding hydrogens is 398 g/mol. The Kier molecular flexibility index (Phi) is 17.7. The molecule has 2 atom stereocenters. The van der Waals surface area contributed by atoms with Crippen LogP contribution in [0.15, 0.2) is 0 Å². The molecule has 12 N–H and O–H groups in total. The number of unbranched alkanes of at least 4 members (excludes halogenated alkanes) is 2. The van der Waals surface area contributed by atoms with Gasteiger partial charge in [0.2, 0.25) is 11.8 Å². The highest BCUT2D eigenvalue weighted by molar-refractivity contribution is 5.84. The van der Waals surface area contributed by atoms with Crippen molar-refractivity contribution in [3.8, 4) is 0 Å². The standard InChI is InChI=1S/C13H27N5O3.C4H8N2O3/c1-2-3-4-7-16-9-11(19)18-10(12(20)21)6-5-8-17-13(14)15;5-2(4(8)9)1-3(6)7/h10,16H,2-9H2,1H3,(H,18,19)(H,20,21)(H4,14,15,17);2H,1,5H2,(H2,6,7)(H,8,9). The maximum absolute atomic E-state index is 11.6. The molecule has 0 spiro atoms. The number of nitrogens with two attached hydrogens (primary N) is 3. The minimum absolute atomic E-state index is 0.124. The van der Waals surface area contributed by atoms with Crippen molar-refractivity contribution in [2.45, 2.75) is 57.5 Å². The molecule has 0 radical (unpaired) electrons. The van der Waals surface area contributed by atoms with E-state index in [1.54, 1.807) is 0 Å². The molecule has 0 saturated carbocycles. The van der Waals surface area contributed by atoms with Gasteiger partial charge in [-0.2, -0.15) is 0 Å². The first-order valence-electron chi connectivity index (χ1n) is 9.58. The number of amides is 2. The monoisotopic (exact) mass is 433 g/mol. The fraction of sp³-hybridized carbons (Fsp3) is 0.706. The molecule has 0 aliphatic rings. The van der Waals surface area contributed by atoms with E-state index in [4.69, 9.17) is 27.1 Å². The molecule has 0 bridgehead atoms. The van der Waals surface area contributed by atoms with Gasteiger partial charge in [-0.1, -0.05) is 19.8 Å². The van der Waals surface area contributed by atoms with Crippen molar-refractivity contribution in [2.75, 3.05) is 19.6 Å². The first kappa shape index (κ1) is 29.3. The Morgan fingerprint density at radius 2 is 1.63 bits per heavy atom. The predicted molar refractivity (Wildman–Crippen MR) is 111 cm³/mol. The Bertz CT molecular complexity index is 559. The molecule has 30 heavy (non-hydrogen) atoms. The maximum Gasteiger partial charge on any atom is 0.326 e. The number of nitrogens with one attached hydrogen (secondary N) is 4. The molecule has 13 heteroatoms. The quantitative estimate of drug-likeness (QED) is 0.0770. The molecule has 174 valence electrons. The van der Waals surface area contributed by atoms with Crippen molar-refractivity contribution >= 4 is 29.7 Å². The number of carbonyl (C=O) groups excluding carboxylic acids is 2. The first-order chi connectivity index (χ1) is 14.0. The van der Waals surface area contributed by atoms with E-state index in [0.717, 1.165) is 25.8 Å². The third kappa shape index (κ3) is 19.8. The Labute approximate surface area is 175 Å². The third-order valence-corrected chi connectivity index (χ3v) is 3.60. The number of primary amides is 1. The van der Waals surface area contributed by atoms with Gasteiger partial charge >= 0.3 is 11.9 Å². The van der Waals surface area contributed by atoms with Gasteiger partial charge in [0, 0.05) is 6.54 Å². The molecule has 2 amide bonds. The van der Waals surface area contributed by atoms with E-state index < -0.39 is 29.9 Å². The van der Waals surface area contributed by atoms with Crippen LogP contribution in [0, 0.1) is 5.41 Å². The number of carbonyl (C=O) groups is 4. The van der Waals surface area contributed by atoms with Crippen molar-refractivity contribution in [2.24, 2.45) is 17.2 Å². The molecule has 0 aliphatic carbocycles. The van der Waals surface area contributed by atoms with E-state index >= 15 is 0 Å². The molecular formula is C17H35N7O6. The van der Waals surface area contributed by atoms with Gasteiger partial charge in [0.1, 0.15) is 12.1 Å². The van der Waals surface area contributed by atoms with Gasteiger partial charge in [0.05, 0.1) is 13.0 Å². The van der Waals surface area contributed by atoms with E-state index in [-0.39, 0.29) is 31.3 Å². The maximum atomic E-state index is 11.6. The van der Waals surface area contributed by atoms with Crippen LogP contribution in [0.3, 0.4) is 0 Å². The van der Waals surface area contributed by atoms with Gasteiger partial charge < -0.3 is 43.4 Å². The molecule has 13 nitrogen and oxygen atoms in total. The lowest BCUT2D eigenvalue weighted by Crippen LogP contribution is -2.45. The van der Waals surface area contributed by atoms with Gasteiger partial charge in [-0.25, -0.2) is 4.79 Å². The second kappa shape index (κ2) is 18.1. The Morgan fingerprint density at radius 3 is 2.07 bits per heavy atom. The van der Waals surface area contributed by atoms with Crippen LogP contribution in [0.5, 0.6) is 0 Å². The van der Waals surface area contributed by atoms with Crippen molar-refractivity contribution in [1.29, 1.82) is 5.41 Å². The second-order valence-electron chi connectivity index (χ2n) is 6.44. The van der Waals surface area contributed by atoms with Crippen LogP contribution < -0.4 is 33.2 Å². The summed E-state index contributed by atoms with van der Waals surface area (Å²) in [4.78, 5) is 42.6. The highest BCUT2D eigenvalue weighted by atomic mass is 16.4. The number of hydrogen-bond donors (Lipinski definition) is 9. The van der Waals surface area contributed by atoms with Gasteiger partial charge in [-0.15, -0.1) is 0 Å². The zero-order valence-corrected chi connectivity index (χ0v) is 17.3. The first-order valence-corrected chi connectivity index (χ1v) is 9.58. The Balaban J connectivity index is 0. The lowest BCUT2D eigenvalue weighted by molar-refractivity contribution is -0.142. The lowest BCUT2D eigenvalue weighted by atomic mass is 10.1. The summed E-state index contributed by atoms with van der Waals surface area (Å²) in [5.74, 6) is -3.45. The van der Waals surface area contributed by atoms with E-state index in [9.17, 15) is 19.2 Å². The molecule has 0 aliphatic heterocycles. The van der Waals surface area contributed by atoms with Crippen LogP contribution in [0.4, 0.5) is 0 Å². The summed E-state index contributed by atoms with van der Waals surface area (Å²) in [5, 5.41) is 32.2. The summed E-state index contributed by atoms with van der Waals surface area (Å²) in [6.45, 7) is 3.39. The largest absolute Gasteiger partial charge is 0.480 e. The average Bonchev–Trinajstić information content (AvgIpc) is 2.63. The van der Waals surface area contributed by atoms with Crippen molar-refractivity contribution < 1.29 is 29.4 Å². The SMILES string of the molecule is CCCCCNCC(=O)NC(CCCNC(=N)N)C(=O)O.NC(=O)CC(N)C(=O)O. The zero-order valence-electron chi connectivity index (χ0n) is 17.3. The fourth-order valence-electron chi connectivity index (χ4n) is 2.04. The van der Waals surface area contributed by atoms with Gasteiger partial charge in [0.15, 0.2) is 5.96 Å². The Morgan fingerprint density at radius 1 is 1.00 bits per heavy atom. The predicted octanol–water partition coefficient (Wildman–Crippen LogP) is -2.13. The highest BCUT2D eigenvalue weighted by Gasteiger charge is 2.19. The Hall–Kier alpha value is -2.93. The minimum atomic E-state index is -1.21. The topological polar surface area (TPSA) is 247 Å². The number of rotatable bonds is 15. The van der Waals surface area contributed by atoms with Gasteiger partial charge in [-0.3, -0.25) is 19.8 Å². The number of carboxylic acid groups (broad SMARTS) is 2. The van der Waals surface area contributed by atoms with E-state index in [1.807, 2.05) is 0 Å². The van der Waals surface area contributed by atoms with Crippen LogP contribution in [0.2, 0.25) is 0 Å². The average molecular weight is 434 g/mol. The minimum Gasteiger partial charge on any atom is -0.480 e. The summed E-state index contributed by atoms with van der Waals surface area (Å²) in [6, 6.07) is -2.08. The molecule has 0 heterocycles. The molecule has 2 unspecified atom stereocenters. The molecule has 0 rings (SSSR count). The number of guanidine groups is 1. The van der Waals surface area contributed by atoms with Crippen LogP contribution in [0.25, 0.3) is 0 Å². The smallest absolute Gasteiger partial charge is 0.326 e. The molecule has 0 aromatic heterocycles. The van der Waals surface area contributed by atoms with E-state index in [0.29, 0.717) is 13.0 Å². The third-order valence-electron chi connectivity index (χ3n) is 3.60. The van der Waals surface area contributed by atoms with Crippen LogP contribution in [-0.2, 0) is 19.2 Å². The van der Waals surface area contributed by atoms with Crippen LogP contribution in [0.1, 0.15) is 45.4 Å². The molecule has 0 aromatic carbocycles. The summed E-state index contributed by atoms with van der Waals surface area (Å²) < 4.78 is 0. The van der Waals surface area contributed by atoms with E-state index in [1.165, 1.54) is 0 Å². The van der Waals surface area contributed by atoms with Gasteiger partial charge in [-0.05, 0) is 25.8 Å². The van der Waals surface area contributed by atoms with Crippen molar-refractivity contribution in [3.63, 3.8) is 0 Å². The highest BCUT2D eigenvalue weighted by Crippen LogP contribution is 1.97. The second-order valence-corrected chi connectivity index (χ2v) is 6.44.